The van der Waals surface area contributed by atoms with Gasteiger partial charge in [-0.15, -0.1) is 0 Å². The fraction of sp³-hybridized carbons (Fsp3) is 0.600. The Labute approximate surface area is 110 Å². The normalized spacial score (nSPS) is 11.6. The van der Waals surface area contributed by atoms with Gasteiger partial charge in [-0.1, -0.05) is 26.8 Å². The molecule has 0 aliphatic carbocycles. The molecule has 2 nitrogen and oxygen atoms in total. The van der Waals surface area contributed by atoms with Crippen molar-refractivity contribution in [3.05, 3.63) is 29.6 Å². The van der Waals surface area contributed by atoms with Gasteiger partial charge >= 0.3 is 0 Å². The van der Waals surface area contributed by atoms with Crippen molar-refractivity contribution in [2.75, 3.05) is 19.7 Å². The lowest BCUT2D eigenvalue weighted by Crippen LogP contribution is -2.34. The van der Waals surface area contributed by atoms with Crippen molar-refractivity contribution in [3.8, 4) is 5.75 Å². The summed E-state index contributed by atoms with van der Waals surface area (Å²) >= 11 is 0. The first-order valence-corrected chi connectivity index (χ1v) is 6.54. The van der Waals surface area contributed by atoms with Crippen LogP contribution < -0.4 is 10.1 Å². The van der Waals surface area contributed by atoms with Crippen LogP contribution in [0.1, 0.15) is 32.8 Å². The monoisotopic (exact) mass is 253 g/mol. The average molecular weight is 253 g/mol. The van der Waals surface area contributed by atoms with Gasteiger partial charge < -0.3 is 10.1 Å². The predicted molar refractivity (Wildman–Crippen MR) is 73.6 cm³/mol. The summed E-state index contributed by atoms with van der Waals surface area (Å²) in [5, 5.41) is 3.38. The van der Waals surface area contributed by atoms with Crippen LogP contribution in [0.3, 0.4) is 0 Å². The van der Waals surface area contributed by atoms with Gasteiger partial charge in [0.2, 0.25) is 0 Å². The highest BCUT2D eigenvalue weighted by Crippen LogP contribution is 2.22. The SMILES string of the molecule is CCCNCC(C)(C)COc1cc(F)ccc1C. The summed E-state index contributed by atoms with van der Waals surface area (Å²) in [5.41, 5.74) is 1.00. The third-order valence-electron chi connectivity index (χ3n) is 2.80. The van der Waals surface area contributed by atoms with Gasteiger partial charge in [0.15, 0.2) is 0 Å². The number of benzene rings is 1. The second-order valence-corrected chi connectivity index (χ2v) is 5.54. The average Bonchev–Trinajstić information content (AvgIpc) is 2.31. The summed E-state index contributed by atoms with van der Waals surface area (Å²) < 4.78 is 18.9. The zero-order valence-corrected chi connectivity index (χ0v) is 11.8. The summed E-state index contributed by atoms with van der Waals surface area (Å²) in [4.78, 5) is 0. The van der Waals surface area contributed by atoms with Gasteiger partial charge in [-0.05, 0) is 31.5 Å². The van der Waals surface area contributed by atoms with Crippen LogP contribution in [-0.4, -0.2) is 19.7 Å². The van der Waals surface area contributed by atoms with Crippen LogP contribution in [0.5, 0.6) is 5.75 Å². The third-order valence-corrected chi connectivity index (χ3v) is 2.80. The molecule has 0 saturated carbocycles. The quantitative estimate of drug-likeness (QED) is 0.750. The van der Waals surface area contributed by atoms with E-state index in [-0.39, 0.29) is 11.2 Å². The van der Waals surface area contributed by atoms with E-state index in [0.29, 0.717) is 12.4 Å². The lowest BCUT2D eigenvalue weighted by Gasteiger charge is -2.25. The van der Waals surface area contributed by atoms with Crippen LogP contribution in [0.2, 0.25) is 0 Å². The molecule has 1 aromatic carbocycles. The van der Waals surface area contributed by atoms with E-state index in [2.05, 4.69) is 26.1 Å². The van der Waals surface area contributed by atoms with Crippen LogP contribution in [0, 0.1) is 18.2 Å². The Balaban J connectivity index is 2.50. The number of hydrogen-bond acceptors (Lipinski definition) is 2. The number of ether oxygens (including phenoxy) is 1. The lowest BCUT2D eigenvalue weighted by molar-refractivity contribution is 0.175. The molecular weight excluding hydrogens is 229 g/mol. The van der Waals surface area contributed by atoms with Gasteiger partial charge in [0.1, 0.15) is 11.6 Å². The Morgan fingerprint density at radius 2 is 2.06 bits per heavy atom. The van der Waals surface area contributed by atoms with E-state index in [1.165, 1.54) is 12.1 Å². The number of nitrogens with one attached hydrogen (secondary N) is 1. The van der Waals surface area contributed by atoms with Crippen LogP contribution >= 0.6 is 0 Å². The molecule has 0 aromatic heterocycles. The molecule has 1 rings (SSSR count). The van der Waals surface area contributed by atoms with Gasteiger partial charge in [0.05, 0.1) is 6.61 Å². The summed E-state index contributed by atoms with van der Waals surface area (Å²) in [6, 6.07) is 4.65. The summed E-state index contributed by atoms with van der Waals surface area (Å²) in [5.74, 6) is 0.385. The van der Waals surface area contributed by atoms with Gasteiger partial charge in [-0.2, -0.15) is 0 Å². The minimum atomic E-state index is -0.252. The topological polar surface area (TPSA) is 21.3 Å². The van der Waals surface area contributed by atoms with Crippen LogP contribution in [0.25, 0.3) is 0 Å². The molecule has 0 amide bonds. The van der Waals surface area contributed by atoms with Crippen LogP contribution in [0.4, 0.5) is 4.39 Å². The first-order chi connectivity index (χ1) is 8.44. The van der Waals surface area contributed by atoms with Crippen LogP contribution in [0.15, 0.2) is 18.2 Å². The molecule has 0 heterocycles. The molecule has 0 saturated heterocycles. The first kappa shape index (κ1) is 15.0. The number of halogens is 1. The largest absolute Gasteiger partial charge is 0.493 e. The molecule has 0 unspecified atom stereocenters. The van der Waals surface area contributed by atoms with E-state index in [1.807, 2.05) is 6.92 Å². The minimum Gasteiger partial charge on any atom is -0.493 e. The molecule has 18 heavy (non-hydrogen) atoms. The molecule has 0 bridgehead atoms. The molecule has 0 spiro atoms. The van der Waals surface area contributed by atoms with Crippen molar-refractivity contribution < 1.29 is 9.13 Å². The zero-order chi connectivity index (χ0) is 13.6. The Morgan fingerprint density at radius 3 is 2.72 bits per heavy atom. The predicted octanol–water partition coefficient (Wildman–Crippen LogP) is 3.54. The number of rotatable bonds is 7. The van der Waals surface area contributed by atoms with E-state index >= 15 is 0 Å². The third kappa shape index (κ3) is 5.05. The van der Waals surface area contributed by atoms with Crippen LogP contribution in [-0.2, 0) is 0 Å². The Morgan fingerprint density at radius 1 is 1.33 bits per heavy atom. The van der Waals surface area contributed by atoms with Crippen molar-refractivity contribution in [3.63, 3.8) is 0 Å². The Bertz CT molecular complexity index is 377. The molecule has 102 valence electrons. The molecule has 0 radical (unpaired) electrons. The minimum absolute atomic E-state index is 0.0356. The van der Waals surface area contributed by atoms with Gasteiger partial charge in [0, 0.05) is 18.0 Å². The first-order valence-electron chi connectivity index (χ1n) is 6.54. The van der Waals surface area contributed by atoms with Crippen molar-refractivity contribution >= 4 is 0 Å². The zero-order valence-electron chi connectivity index (χ0n) is 11.8. The maximum absolute atomic E-state index is 13.1. The van der Waals surface area contributed by atoms with Crippen molar-refractivity contribution in [2.45, 2.75) is 34.1 Å². The van der Waals surface area contributed by atoms with Crippen molar-refractivity contribution in [2.24, 2.45) is 5.41 Å². The van der Waals surface area contributed by atoms with E-state index in [9.17, 15) is 4.39 Å². The van der Waals surface area contributed by atoms with Crippen molar-refractivity contribution in [1.82, 2.24) is 5.32 Å². The summed E-state index contributed by atoms with van der Waals surface area (Å²) in [6.45, 7) is 10.9. The number of aryl methyl sites for hydroxylation is 1. The highest BCUT2D eigenvalue weighted by molar-refractivity contribution is 5.32. The fourth-order valence-electron chi connectivity index (χ4n) is 1.66. The molecule has 3 heteroatoms. The molecule has 1 aromatic rings. The second-order valence-electron chi connectivity index (χ2n) is 5.54. The summed E-state index contributed by atoms with van der Waals surface area (Å²) in [6.07, 6.45) is 1.12. The van der Waals surface area contributed by atoms with E-state index in [4.69, 9.17) is 4.74 Å². The fourth-order valence-corrected chi connectivity index (χ4v) is 1.66. The number of hydrogen-bond donors (Lipinski definition) is 1. The van der Waals surface area contributed by atoms with E-state index in [1.54, 1.807) is 6.07 Å². The molecule has 0 aliphatic rings. The summed E-state index contributed by atoms with van der Waals surface area (Å²) in [7, 11) is 0. The van der Waals surface area contributed by atoms with Gasteiger partial charge in [-0.25, -0.2) is 4.39 Å². The highest BCUT2D eigenvalue weighted by Gasteiger charge is 2.18. The maximum Gasteiger partial charge on any atom is 0.126 e. The highest BCUT2D eigenvalue weighted by atomic mass is 19.1. The molecular formula is C15H24FNO. The van der Waals surface area contributed by atoms with Gasteiger partial charge in [-0.3, -0.25) is 0 Å². The molecule has 0 aliphatic heterocycles. The van der Waals surface area contributed by atoms with Crippen molar-refractivity contribution in [1.29, 1.82) is 0 Å². The lowest BCUT2D eigenvalue weighted by atomic mass is 9.95. The molecule has 0 atom stereocenters. The maximum atomic E-state index is 13.1. The Kier molecular flexibility index (Phi) is 5.60. The van der Waals surface area contributed by atoms with Gasteiger partial charge in [0.25, 0.3) is 0 Å². The Hall–Kier alpha value is -1.09. The smallest absolute Gasteiger partial charge is 0.126 e. The molecule has 0 fully saturated rings. The molecule has 1 N–H and O–H groups in total. The standard InChI is InChI=1S/C15H24FNO/c1-5-8-17-10-15(3,4)11-18-14-9-13(16)7-6-12(14)2/h6-7,9,17H,5,8,10-11H2,1-4H3. The van der Waals surface area contributed by atoms with E-state index in [0.717, 1.165) is 25.1 Å². The van der Waals surface area contributed by atoms with E-state index < -0.39 is 0 Å². The second kappa shape index (κ2) is 6.74.